The number of rotatable bonds is 14. The maximum absolute atomic E-state index is 14.7. The number of aromatic nitrogens is 3. The van der Waals surface area contributed by atoms with Crippen molar-refractivity contribution in [2.75, 3.05) is 39.3 Å². The summed E-state index contributed by atoms with van der Waals surface area (Å²) in [4.78, 5) is 85.0. The summed E-state index contributed by atoms with van der Waals surface area (Å²) in [5, 5.41) is 9.82. The van der Waals surface area contributed by atoms with Gasteiger partial charge in [-0.25, -0.2) is 9.18 Å². The summed E-state index contributed by atoms with van der Waals surface area (Å²) in [6.45, 7) is 14.0. The number of halogens is 2. The number of hydrogen-bond acceptors (Lipinski definition) is 11. The number of esters is 1. The Morgan fingerprint density at radius 3 is 2.32 bits per heavy atom. The predicted molar refractivity (Wildman–Crippen MR) is 268 cm³/mol. The molecule has 0 saturated carbocycles. The summed E-state index contributed by atoms with van der Waals surface area (Å²) >= 11 is 7.20. The smallest absolute Gasteiger partial charge is 0.355 e. The third-order valence-electron chi connectivity index (χ3n) is 13.7. The minimum atomic E-state index is -1.14. The highest BCUT2D eigenvalue weighted by atomic mass is 35.5. The van der Waals surface area contributed by atoms with Crippen LogP contribution < -0.4 is 14.8 Å². The fourth-order valence-electron chi connectivity index (χ4n) is 10.2. The molecule has 5 heterocycles. The Morgan fingerprint density at radius 2 is 1.61 bits per heavy atom. The van der Waals surface area contributed by atoms with Gasteiger partial charge < -0.3 is 23.7 Å². The molecule has 4 aromatic carbocycles. The Morgan fingerprint density at radius 1 is 0.889 bits per heavy atom. The number of carbonyl (C=O) groups excluding carboxylic acids is 6. The van der Waals surface area contributed by atoms with Gasteiger partial charge in [0.15, 0.2) is 6.10 Å². The molecule has 16 nitrogen and oxygen atoms in total. The molecule has 5 amide bonds. The molecule has 2 fully saturated rings. The van der Waals surface area contributed by atoms with Crippen LogP contribution in [0, 0.1) is 19.7 Å². The number of nitrogens with zero attached hydrogens (tertiary/aromatic N) is 6. The number of imide groups is 2. The van der Waals surface area contributed by atoms with Gasteiger partial charge in [-0.2, -0.15) is 5.10 Å². The van der Waals surface area contributed by atoms with E-state index < -0.39 is 47.3 Å². The van der Waals surface area contributed by atoms with Crippen LogP contribution in [0.2, 0.25) is 5.02 Å². The van der Waals surface area contributed by atoms with E-state index in [2.05, 4.69) is 10.2 Å². The molecule has 3 aliphatic rings. The van der Waals surface area contributed by atoms with Crippen molar-refractivity contribution < 1.29 is 47.4 Å². The summed E-state index contributed by atoms with van der Waals surface area (Å²) in [7, 11) is 1.88. The van der Waals surface area contributed by atoms with Gasteiger partial charge in [0.25, 0.3) is 17.7 Å². The van der Waals surface area contributed by atoms with Crippen LogP contribution in [0.3, 0.4) is 0 Å². The fraction of sp³-hybridized carbons (Fsp3) is 0.389. The number of aryl methyl sites for hydroxylation is 3. The van der Waals surface area contributed by atoms with E-state index in [4.69, 9.17) is 30.9 Å². The second kappa shape index (κ2) is 19.8. The third-order valence-corrected chi connectivity index (χ3v) is 14.0. The molecule has 0 radical (unpaired) electrons. The highest BCUT2D eigenvalue weighted by Crippen LogP contribution is 2.43. The van der Waals surface area contributed by atoms with Crippen LogP contribution in [-0.2, 0) is 39.1 Å². The number of piperidine rings is 1. The van der Waals surface area contributed by atoms with Crippen LogP contribution in [-0.4, -0.2) is 122 Å². The molecule has 72 heavy (non-hydrogen) atoms. The summed E-state index contributed by atoms with van der Waals surface area (Å²) in [5.41, 5.74) is 4.52. The molecule has 1 unspecified atom stereocenters. The Kier molecular flexibility index (Phi) is 13.7. The normalized spacial score (nSPS) is 16.9. The van der Waals surface area contributed by atoms with Crippen molar-refractivity contribution >= 4 is 68.8 Å². The van der Waals surface area contributed by atoms with E-state index in [1.54, 1.807) is 24.0 Å². The first-order valence-corrected chi connectivity index (χ1v) is 24.6. The molecule has 2 aromatic heterocycles. The molecule has 0 aliphatic carbocycles. The predicted octanol–water partition coefficient (Wildman–Crippen LogP) is 7.58. The SMILES string of the molecule is Cc1nn(C)c(C)c1-c1c(Cl)ccc2c(CCCOc3cccc4cc(F)ccc34)c(C(=O)OC(C)(C)C)n(CCN3CCN(C(=O)[C@@H](C)Oc4cccc5c4C(=O)N(C4CCC(=O)NC4=O)C5=O)CC3)c12. The molecule has 2 atom stereocenters. The van der Waals surface area contributed by atoms with Crippen LogP contribution in [0.4, 0.5) is 4.39 Å². The first-order valence-electron chi connectivity index (χ1n) is 24.2. The largest absolute Gasteiger partial charge is 0.493 e. The first kappa shape index (κ1) is 49.9. The average molecular weight is 1000 g/mol. The molecule has 2 saturated heterocycles. The second-order valence-corrected chi connectivity index (χ2v) is 20.0. The van der Waals surface area contributed by atoms with E-state index in [0.29, 0.717) is 75.2 Å². The molecule has 0 bridgehead atoms. The van der Waals surface area contributed by atoms with E-state index in [9.17, 15) is 33.2 Å². The van der Waals surface area contributed by atoms with Crippen molar-refractivity contribution in [3.63, 3.8) is 0 Å². The van der Waals surface area contributed by atoms with Crippen molar-refractivity contribution in [2.45, 2.75) is 91.5 Å². The molecule has 376 valence electrons. The van der Waals surface area contributed by atoms with Crippen molar-refractivity contribution in [3.8, 4) is 22.6 Å². The van der Waals surface area contributed by atoms with Crippen molar-refractivity contribution in [2.24, 2.45) is 7.05 Å². The van der Waals surface area contributed by atoms with E-state index >= 15 is 0 Å². The highest BCUT2D eigenvalue weighted by Gasteiger charge is 2.46. The van der Waals surface area contributed by atoms with Crippen molar-refractivity contribution in [1.29, 1.82) is 0 Å². The van der Waals surface area contributed by atoms with Crippen LogP contribution in [0.1, 0.15) is 95.1 Å². The van der Waals surface area contributed by atoms with Crippen molar-refractivity contribution in [1.82, 2.24) is 34.4 Å². The number of carbonyl (C=O) groups is 6. The Balaban J connectivity index is 0.951. The van der Waals surface area contributed by atoms with E-state index in [0.717, 1.165) is 54.7 Å². The first-order chi connectivity index (χ1) is 34.3. The molecular formula is C54H57ClFN7O9. The fourth-order valence-corrected chi connectivity index (χ4v) is 10.4. The van der Waals surface area contributed by atoms with Crippen LogP contribution in [0.15, 0.2) is 66.7 Å². The number of fused-ring (bicyclic) bond motifs is 3. The average Bonchev–Trinajstić information content (AvgIpc) is 3.89. The van der Waals surface area contributed by atoms with Gasteiger partial charge in [0.2, 0.25) is 11.8 Å². The summed E-state index contributed by atoms with van der Waals surface area (Å²) in [5.74, 6) is -3.01. The van der Waals surface area contributed by atoms with Gasteiger partial charge >= 0.3 is 5.97 Å². The molecule has 6 aromatic rings. The minimum Gasteiger partial charge on any atom is -0.493 e. The lowest BCUT2D eigenvalue weighted by Crippen LogP contribution is -2.54. The van der Waals surface area contributed by atoms with Gasteiger partial charge in [0.05, 0.1) is 34.0 Å². The van der Waals surface area contributed by atoms with Gasteiger partial charge in [-0.1, -0.05) is 35.9 Å². The van der Waals surface area contributed by atoms with Crippen LogP contribution >= 0.6 is 11.6 Å². The maximum atomic E-state index is 14.7. The Bertz CT molecular complexity index is 3200. The van der Waals surface area contributed by atoms with Gasteiger partial charge in [-0.15, -0.1) is 0 Å². The summed E-state index contributed by atoms with van der Waals surface area (Å²) in [6.07, 6.45) is -0.0335. The van der Waals surface area contributed by atoms with Crippen LogP contribution in [0.25, 0.3) is 32.8 Å². The van der Waals surface area contributed by atoms with Gasteiger partial charge in [-0.3, -0.25) is 43.8 Å². The van der Waals surface area contributed by atoms with E-state index in [1.807, 2.05) is 81.2 Å². The Hall–Kier alpha value is -7.11. The van der Waals surface area contributed by atoms with E-state index in [1.165, 1.54) is 24.3 Å². The zero-order chi connectivity index (χ0) is 51.3. The standard InChI is InChI=1S/C54H57ClFN7O9/c1-30-44(31(2)59(7)58-30)46-39(55)19-18-37-36(13-10-28-70-41-14-8-11-33-29-34(56)16-17-35(33)41)48(53(69)72-54(4,5)6)62(47(37)46)27-24-60-22-25-61(26-23-60)50(66)32(3)71-42-15-9-12-38-45(42)52(68)63(51(38)67)40-20-21-43(64)57-49(40)65/h8-9,11-12,14-19,29,32,40H,10,13,20-28H2,1-7H3,(H,57,64,65)/t32-,40?/m1/s1. The maximum Gasteiger partial charge on any atom is 0.355 e. The second-order valence-electron chi connectivity index (χ2n) is 19.6. The molecule has 1 N–H and O–H groups in total. The molecule has 0 spiro atoms. The Labute approximate surface area is 420 Å². The van der Waals surface area contributed by atoms with Gasteiger partial charge in [0, 0.05) is 80.3 Å². The lowest BCUT2D eigenvalue weighted by Gasteiger charge is -2.36. The lowest BCUT2D eigenvalue weighted by molar-refractivity contribution is -0.140. The monoisotopic (exact) mass is 1000 g/mol. The quantitative estimate of drug-likeness (QED) is 0.0647. The third kappa shape index (κ3) is 9.54. The number of ether oxygens (including phenoxy) is 3. The minimum absolute atomic E-state index is 0.0109. The zero-order valence-electron chi connectivity index (χ0n) is 41.4. The molecule has 18 heteroatoms. The number of amides is 5. The van der Waals surface area contributed by atoms with Gasteiger partial charge in [-0.05, 0) is 114 Å². The number of benzene rings is 4. The van der Waals surface area contributed by atoms with Crippen molar-refractivity contribution in [3.05, 3.63) is 111 Å². The topological polar surface area (TPSA) is 175 Å². The van der Waals surface area contributed by atoms with Crippen LogP contribution in [0.5, 0.6) is 11.5 Å². The molecule has 3 aliphatic heterocycles. The number of piperazine rings is 1. The zero-order valence-corrected chi connectivity index (χ0v) is 42.2. The lowest BCUT2D eigenvalue weighted by atomic mass is 9.98. The number of hydrogen-bond donors (Lipinski definition) is 1. The number of nitrogens with one attached hydrogen (secondary N) is 1. The molecular weight excluding hydrogens is 945 g/mol. The van der Waals surface area contributed by atoms with Gasteiger partial charge in [0.1, 0.15) is 34.7 Å². The molecule has 9 rings (SSSR count). The summed E-state index contributed by atoms with van der Waals surface area (Å²) < 4.78 is 36.5. The highest BCUT2D eigenvalue weighted by molar-refractivity contribution is 6.35. The van der Waals surface area contributed by atoms with E-state index in [-0.39, 0.29) is 41.4 Å². The summed E-state index contributed by atoms with van der Waals surface area (Å²) in [6, 6.07) is 17.4.